The molecule has 0 radical (unpaired) electrons. The molecule has 0 saturated carbocycles. The predicted octanol–water partition coefficient (Wildman–Crippen LogP) is 5.32. The Hall–Kier alpha value is -2.06. The molecule has 1 heterocycles. The molecule has 2 aromatic rings. The normalized spacial score (nSPS) is 18.2. The molecule has 1 fully saturated rings. The summed E-state index contributed by atoms with van der Waals surface area (Å²) in [5.74, 6) is 1.44. The van der Waals surface area contributed by atoms with Crippen LogP contribution in [0, 0.1) is 0 Å². The van der Waals surface area contributed by atoms with Gasteiger partial charge in [-0.05, 0) is 62.0 Å². The van der Waals surface area contributed by atoms with Gasteiger partial charge in [-0.25, -0.2) is 0 Å². The summed E-state index contributed by atoms with van der Waals surface area (Å²) < 4.78 is 0. The molecule has 1 aliphatic rings. The maximum absolute atomic E-state index is 9.67. The number of aromatic hydroxyl groups is 1. The molecule has 25 heavy (non-hydrogen) atoms. The number of phenolic OH excluding ortho intramolecular Hbond substituents is 1. The molecule has 0 aromatic heterocycles. The van der Waals surface area contributed by atoms with Crippen LogP contribution in [0.2, 0.25) is 0 Å². The fourth-order valence-corrected chi connectivity index (χ4v) is 3.68. The third-order valence-electron chi connectivity index (χ3n) is 5.58. The molecule has 1 unspecified atom stereocenters. The Morgan fingerprint density at radius 3 is 2.52 bits per heavy atom. The second-order valence-electron chi connectivity index (χ2n) is 7.25. The fraction of sp³-hybridized carbons (Fsp3) is 0.391. The zero-order valence-corrected chi connectivity index (χ0v) is 15.4. The molecule has 0 spiro atoms. The topological polar surface area (TPSA) is 23.5 Å². The van der Waals surface area contributed by atoms with Crippen LogP contribution in [0.25, 0.3) is 0 Å². The van der Waals surface area contributed by atoms with Gasteiger partial charge in [-0.2, -0.15) is 0 Å². The first-order valence-electron chi connectivity index (χ1n) is 9.36. The summed E-state index contributed by atoms with van der Waals surface area (Å²) in [5, 5.41) is 9.67. The summed E-state index contributed by atoms with van der Waals surface area (Å²) in [4.78, 5) is 2.54. The lowest BCUT2D eigenvalue weighted by atomic mass is 9.89. The van der Waals surface area contributed by atoms with Crippen molar-refractivity contribution in [1.82, 2.24) is 4.90 Å². The molecule has 1 atom stereocenters. The first-order chi connectivity index (χ1) is 12.1. The lowest BCUT2D eigenvalue weighted by Crippen LogP contribution is -2.33. The molecule has 2 heteroatoms. The highest BCUT2D eigenvalue weighted by Gasteiger charge is 2.20. The van der Waals surface area contributed by atoms with Crippen molar-refractivity contribution in [2.45, 2.75) is 38.5 Å². The standard InChI is InChI=1S/C23H29NO/c1-18(19(2)20-7-4-3-5-8-20)11-14-24-15-12-21(13-16-24)22-9-6-10-23(25)17-22/h3-11,17,19,21,25H,12-16H2,1-2H3/b18-11+. The zero-order chi connectivity index (χ0) is 17.6. The molecule has 0 amide bonds. The van der Waals surface area contributed by atoms with Gasteiger partial charge in [0.1, 0.15) is 5.75 Å². The van der Waals surface area contributed by atoms with E-state index >= 15 is 0 Å². The van der Waals surface area contributed by atoms with E-state index in [2.05, 4.69) is 61.2 Å². The van der Waals surface area contributed by atoms with Crippen LogP contribution in [0.4, 0.5) is 0 Å². The maximum atomic E-state index is 9.67. The molecular weight excluding hydrogens is 306 g/mol. The number of likely N-dealkylation sites (tertiary alicyclic amines) is 1. The van der Waals surface area contributed by atoms with Crippen molar-refractivity contribution in [2.75, 3.05) is 19.6 Å². The third kappa shape index (κ3) is 4.73. The molecule has 1 aliphatic heterocycles. The summed E-state index contributed by atoms with van der Waals surface area (Å²) in [6.45, 7) is 7.83. The highest BCUT2D eigenvalue weighted by Crippen LogP contribution is 2.30. The van der Waals surface area contributed by atoms with Crippen LogP contribution in [-0.2, 0) is 0 Å². The van der Waals surface area contributed by atoms with Gasteiger partial charge in [0.2, 0.25) is 0 Å². The van der Waals surface area contributed by atoms with E-state index in [0.717, 1.165) is 19.6 Å². The average molecular weight is 335 g/mol. The molecule has 1 N–H and O–H groups in total. The third-order valence-corrected chi connectivity index (χ3v) is 5.58. The van der Waals surface area contributed by atoms with Crippen LogP contribution in [0.1, 0.15) is 49.7 Å². The fourth-order valence-electron chi connectivity index (χ4n) is 3.68. The van der Waals surface area contributed by atoms with Crippen molar-refractivity contribution < 1.29 is 5.11 Å². The van der Waals surface area contributed by atoms with Crippen LogP contribution >= 0.6 is 0 Å². The Morgan fingerprint density at radius 2 is 1.84 bits per heavy atom. The minimum atomic E-state index is 0.383. The molecule has 1 saturated heterocycles. The molecule has 0 aliphatic carbocycles. The molecule has 3 rings (SSSR count). The Kier molecular flexibility index (Phi) is 5.93. The number of allylic oxidation sites excluding steroid dienone is 1. The smallest absolute Gasteiger partial charge is 0.115 e. The van der Waals surface area contributed by atoms with Crippen LogP contribution in [0.3, 0.4) is 0 Å². The van der Waals surface area contributed by atoms with E-state index in [1.54, 1.807) is 6.07 Å². The summed E-state index contributed by atoms with van der Waals surface area (Å²) in [5.41, 5.74) is 4.12. The number of phenols is 1. The largest absolute Gasteiger partial charge is 0.508 e. The number of benzene rings is 2. The maximum Gasteiger partial charge on any atom is 0.115 e. The lowest BCUT2D eigenvalue weighted by Gasteiger charge is -2.31. The van der Waals surface area contributed by atoms with Gasteiger partial charge in [-0.15, -0.1) is 0 Å². The molecule has 2 aromatic carbocycles. The lowest BCUT2D eigenvalue weighted by molar-refractivity contribution is 0.232. The average Bonchev–Trinajstić information content (AvgIpc) is 2.66. The Morgan fingerprint density at radius 1 is 1.12 bits per heavy atom. The van der Waals surface area contributed by atoms with E-state index in [0.29, 0.717) is 17.6 Å². The highest BCUT2D eigenvalue weighted by molar-refractivity contribution is 5.30. The quantitative estimate of drug-likeness (QED) is 0.747. The van der Waals surface area contributed by atoms with Crippen LogP contribution in [-0.4, -0.2) is 29.6 Å². The van der Waals surface area contributed by atoms with Gasteiger partial charge < -0.3 is 5.11 Å². The van der Waals surface area contributed by atoms with Crippen molar-refractivity contribution in [3.8, 4) is 5.75 Å². The Bertz CT molecular complexity index is 699. The number of hydrogen-bond acceptors (Lipinski definition) is 2. The minimum Gasteiger partial charge on any atom is -0.508 e. The second-order valence-corrected chi connectivity index (χ2v) is 7.25. The van der Waals surface area contributed by atoms with E-state index < -0.39 is 0 Å². The number of nitrogens with zero attached hydrogens (tertiary/aromatic N) is 1. The van der Waals surface area contributed by atoms with Gasteiger partial charge in [0, 0.05) is 12.5 Å². The van der Waals surface area contributed by atoms with Crippen molar-refractivity contribution in [3.63, 3.8) is 0 Å². The highest BCUT2D eigenvalue weighted by atomic mass is 16.3. The van der Waals surface area contributed by atoms with Crippen LogP contribution in [0.15, 0.2) is 66.2 Å². The van der Waals surface area contributed by atoms with Crippen molar-refractivity contribution in [3.05, 3.63) is 77.4 Å². The van der Waals surface area contributed by atoms with Crippen molar-refractivity contribution in [1.29, 1.82) is 0 Å². The van der Waals surface area contributed by atoms with Crippen LogP contribution in [0.5, 0.6) is 5.75 Å². The Balaban J connectivity index is 1.52. The van der Waals surface area contributed by atoms with Gasteiger partial charge in [0.25, 0.3) is 0 Å². The number of piperidine rings is 1. The van der Waals surface area contributed by atoms with Gasteiger partial charge in [0.05, 0.1) is 0 Å². The number of rotatable bonds is 5. The van der Waals surface area contributed by atoms with Crippen LogP contribution < -0.4 is 0 Å². The summed E-state index contributed by atoms with van der Waals surface area (Å²) in [7, 11) is 0. The first-order valence-corrected chi connectivity index (χ1v) is 9.36. The SMILES string of the molecule is C/C(=C\CN1CCC(c2cccc(O)c2)CC1)C(C)c1ccccc1. The van der Waals surface area contributed by atoms with Gasteiger partial charge >= 0.3 is 0 Å². The van der Waals surface area contributed by atoms with Crippen molar-refractivity contribution in [2.24, 2.45) is 0 Å². The molecule has 2 nitrogen and oxygen atoms in total. The second kappa shape index (κ2) is 8.35. The van der Waals surface area contributed by atoms with Gasteiger partial charge in [-0.3, -0.25) is 4.90 Å². The van der Waals surface area contributed by atoms with E-state index in [1.165, 1.54) is 29.5 Å². The predicted molar refractivity (Wildman–Crippen MR) is 105 cm³/mol. The van der Waals surface area contributed by atoms with E-state index in [9.17, 15) is 5.11 Å². The van der Waals surface area contributed by atoms with Gasteiger partial charge in [-0.1, -0.05) is 61.0 Å². The molecule has 0 bridgehead atoms. The molecule has 132 valence electrons. The summed E-state index contributed by atoms with van der Waals surface area (Å²) >= 11 is 0. The first kappa shape index (κ1) is 17.8. The zero-order valence-electron chi connectivity index (χ0n) is 15.4. The minimum absolute atomic E-state index is 0.383. The summed E-state index contributed by atoms with van der Waals surface area (Å²) in [6.07, 6.45) is 4.74. The number of hydrogen-bond donors (Lipinski definition) is 1. The van der Waals surface area contributed by atoms with E-state index in [1.807, 2.05) is 12.1 Å². The van der Waals surface area contributed by atoms with Gasteiger partial charge in [0.15, 0.2) is 0 Å². The monoisotopic (exact) mass is 335 g/mol. The summed E-state index contributed by atoms with van der Waals surface area (Å²) in [6, 6.07) is 18.5. The van der Waals surface area contributed by atoms with Crippen molar-refractivity contribution >= 4 is 0 Å². The Labute approximate surface area is 151 Å². The van der Waals surface area contributed by atoms with E-state index in [-0.39, 0.29) is 0 Å². The molecular formula is C23H29NO. The van der Waals surface area contributed by atoms with E-state index in [4.69, 9.17) is 0 Å².